The van der Waals surface area contributed by atoms with Crippen LogP contribution in [0.3, 0.4) is 0 Å². The van der Waals surface area contributed by atoms with Gasteiger partial charge >= 0.3 is 5.97 Å². The van der Waals surface area contributed by atoms with Crippen molar-refractivity contribution in [2.24, 2.45) is 5.92 Å². The van der Waals surface area contributed by atoms with Gasteiger partial charge in [0.25, 0.3) is 5.91 Å². The first-order valence-electron chi connectivity index (χ1n) is 9.95. The Morgan fingerprint density at radius 2 is 1.70 bits per heavy atom. The Labute approximate surface area is 175 Å². The van der Waals surface area contributed by atoms with Gasteiger partial charge in [-0.3, -0.25) is 9.59 Å². The molecule has 0 saturated carbocycles. The molecule has 0 unspecified atom stereocenters. The topological polar surface area (TPSA) is 77.4 Å². The number of pyridine rings is 1. The maximum absolute atomic E-state index is 13.0. The van der Waals surface area contributed by atoms with Crippen molar-refractivity contribution in [2.45, 2.75) is 32.9 Å². The van der Waals surface area contributed by atoms with Crippen LogP contribution in [0.4, 0.5) is 0 Å². The summed E-state index contributed by atoms with van der Waals surface area (Å²) in [5.74, 6) is -0.938. The molecule has 6 nitrogen and oxygen atoms in total. The average Bonchev–Trinajstić information content (AvgIpc) is 2.75. The smallest absolute Gasteiger partial charge is 0.328 e. The number of fused-ring (bicyclic) bond motifs is 1. The molecule has 1 aromatic heterocycles. The minimum absolute atomic E-state index is 0.00212. The second-order valence-electron chi connectivity index (χ2n) is 7.68. The van der Waals surface area contributed by atoms with E-state index in [0.717, 1.165) is 11.1 Å². The predicted octanol–water partition coefficient (Wildman–Crippen LogP) is 3.37. The second kappa shape index (κ2) is 9.39. The second-order valence-corrected chi connectivity index (χ2v) is 7.68. The molecule has 0 spiro atoms. The van der Waals surface area contributed by atoms with Gasteiger partial charge in [0.2, 0.25) is 5.43 Å². The number of hydrogen-bond donors (Lipinski definition) is 1. The van der Waals surface area contributed by atoms with E-state index in [2.05, 4.69) is 5.32 Å². The minimum Gasteiger partial charge on any atom is -0.467 e. The fraction of sp³-hybridized carbons (Fsp3) is 0.292. The molecule has 1 N–H and O–H groups in total. The van der Waals surface area contributed by atoms with E-state index in [1.807, 2.05) is 60.9 Å². The van der Waals surface area contributed by atoms with Crippen LogP contribution in [-0.2, 0) is 16.1 Å². The maximum Gasteiger partial charge on any atom is 0.328 e. The lowest BCUT2D eigenvalue weighted by atomic mass is 10.0. The number of nitrogens with zero attached hydrogens (tertiary/aromatic N) is 1. The Bertz CT molecular complexity index is 1100. The van der Waals surface area contributed by atoms with Gasteiger partial charge in [0, 0.05) is 18.1 Å². The Morgan fingerprint density at radius 3 is 2.37 bits per heavy atom. The number of carbonyl (C=O) groups excluding carboxylic acids is 2. The van der Waals surface area contributed by atoms with E-state index in [4.69, 9.17) is 4.74 Å². The van der Waals surface area contributed by atoms with Gasteiger partial charge in [0.15, 0.2) is 0 Å². The summed E-state index contributed by atoms with van der Waals surface area (Å²) in [5.41, 5.74) is 1.43. The Morgan fingerprint density at radius 1 is 1.03 bits per heavy atom. The van der Waals surface area contributed by atoms with E-state index in [9.17, 15) is 14.4 Å². The number of ether oxygens (including phenoxy) is 1. The molecule has 0 aliphatic heterocycles. The summed E-state index contributed by atoms with van der Waals surface area (Å²) in [5, 5.41) is 3.14. The van der Waals surface area contributed by atoms with Gasteiger partial charge in [-0.15, -0.1) is 0 Å². The number of hydrogen-bond acceptors (Lipinski definition) is 4. The number of aromatic nitrogens is 1. The SMILES string of the molecule is COC(=O)[C@H](CC(C)C)NC(=O)c1cn(Cc2ccccc2)c2ccccc2c1=O. The molecule has 3 rings (SSSR count). The molecule has 0 radical (unpaired) electrons. The molecule has 1 amide bonds. The van der Waals surface area contributed by atoms with Crippen molar-refractivity contribution in [1.82, 2.24) is 9.88 Å². The van der Waals surface area contributed by atoms with Crippen LogP contribution in [0.15, 0.2) is 65.6 Å². The standard InChI is InChI=1S/C24H26N2O4/c1-16(2)13-20(24(29)30-3)25-23(28)19-15-26(14-17-9-5-4-6-10-17)21-12-8-7-11-18(21)22(19)27/h4-12,15-16,20H,13-14H2,1-3H3,(H,25,28)/t20-/m0/s1. The lowest BCUT2D eigenvalue weighted by Crippen LogP contribution is -2.43. The highest BCUT2D eigenvalue weighted by atomic mass is 16.5. The van der Waals surface area contributed by atoms with Crippen LogP contribution in [0.25, 0.3) is 10.9 Å². The van der Waals surface area contributed by atoms with Crippen LogP contribution >= 0.6 is 0 Å². The van der Waals surface area contributed by atoms with Crippen molar-refractivity contribution in [1.29, 1.82) is 0 Å². The van der Waals surface area contributed by atoms with Crippen LogP contribution in [0, 0.1) is 5.92 Å². The third-order valence-electron chi connectivity index (χ3n) is 4.93. The zero-order valence-corrected chi connectivity index (χ0v) is 17.4. The fourth-order valence-corrected chi connectivity index (χ4v) is 3.48. The summed E-state index contributed by atoms with van der Waals surface area (Å²) in [6.45, 7) is 4.41. The van der Waals surface area contributed by atoms with Crippen molar-refractivity contribution in [3.05, 3.63) is 82.1 Å². The monoisotopic (exact) mass is 406 g/mol. The summed E-state index contributed by atoms with van der Waals surface area (Å²) in [6, 6.07) is 16.2. The van der Waals surface area contributed by atoms with Crippen molar-refractivity contribution in [2.75, 3.05) is 7.11 Å². The number of esters is 1. The van der Waals surface area contributed by atoms with Crippen molar-refractivity contribution < 1.29 is 14.3 Å². The van der Waals surface area contributed by atoms with Crippen LogP contribution in [0.1, 0.15) is 36.2 Å². The molecular weight excluding hydrogens is 380 g/mol. The molecule has 1 atom stereocenters. The van der Waals surface area contributed by atoms with Gasteiger partial charge in [-0.2, -0.15) is 0 Å². The number of benzene rings is 2. The highest BCUT2D eigenvalue weighted by molar-refractivity contribution is 5.99. The lowest BCUT2D eigenvalue weighted by molar-refractivity contribution is -0.143. The summed E-state index contributed by atoms with van der Waals surface area (Å²) >= 11 is 0. The van der Waals surface area contributed by atoms with E-state index in [-0.39, 0.29) is 16.9 Å². The molecule has 1 heterocycles. The van der Waals surface area contributed by atoms with Crippen molar-refractivity contribution >= 4 is 22.8 Å². The van der Waals surface area contributed by atoms with E-state index in [0.29, 0.717) is 18.4 Å². The molecule has 0 bridgehead atoms. The molecule has 6 heteroatoms. The van der Waals surface area contributed by atoms with Gasteiger partial charge in [0.05, 0.1) is 12.6 Å². The summed E-state index contributed by atoms with van der Waals surface area (Å²) in [7, 11) is 1.28. The Kier molecular flexibility index (Phi) is 6.67. The number of methoxy groups -OCH3 is 1. The summed E-state index contributed by atoms with van der Waals surface area (Å²) in [6.07, 6.45) is 1.99. The average molecular weight is 406 g/mol. The first kappa shape index (κ1) is 21.3. The molecule has 156 valence electrons. The van der Waals surface area contributed by atoms with E-state index in [1.165, 1.54) is 7.11 Å². The Hall–Kier alpha value is -3.41. The van der Waals surface area contributed by atoms with E-state index < -0.39 is 17.9 Å². The zero-order valence-electron chi connectivity index (χ0n) is 17.4. The molecular formula is C24H26N2O4. The van der Waals surface area contributed by atoms with Crippen molar-refractivity contribution in [3.8, 4) is 0 Å². The Balaban J connectivity index is 2.02. The number of nitrogens with one attached hydrogen (secondary N) is 1. The minimum atomic E-state index is -0.809. The first-order valence-corrected chi connectivity index (χ1v) is 9.95. The quantitative estimate of drug-likeness (QED) is 0.611. The number of para-hydroxylation sites is 1. The highest BCUT2D eigenvalue weighted by Gasteiger charge is 2.25. The molecule has 0 aliphatic rings. The summed E-state index contributed by atoms with van der Waals surface area (Å²) < 4.78 is 6.70. The third kappa shape index (κ3) is 4.76. The molecule has 30 heavy (non-hydrogen) atoms. The van der Waals surface area contributed by atoms with Crippen LogP contribution in [0.2, 0.25) is 0 Å². The zero-order chi connectivity index (χ0) is 21.7. The number of amides is 1. The molecule has 0 fully saturated rings. The highest BCUT2D eigenvalue weighted by Crippen LogP contribution is 2.15. The molecule has 0 saturated heterocycles. The van der Waals surface area contributed by atoms with E-state index in [1.54, 1.807) is 18.3 Å². The van der Waals surface area contributed by atoms with Gasteiger partial charge < -0.3 is 14.6 Å². The predicted molar refractivity (Wildman–Crippen MR) is 116 cm³/mol. The third-order valence-corrected chi connectivity index (χ3v) is 4.93. The normalized spacial score (nSPS) is 12.0. The van der Waals surface area contributed by atoms with Crippen molar-refractivity contribution in [3.63, 3.8) is 0 Å². The van der Waals surface area contributed by atoms with Crippen LogP contribution in [-0.4, -0.2) is 29.6 Å². The fourth-order valence-electron chi connectivity index (χ4n) is 3.48. The molecule has 3 aromatic rings. The largest absolute Gasteiger partial charge is 0.467 e. The number of carbonyl (C=O) groups is 2. The lowest BCUT2D eigenvalue weighted by Gasteiger charge is -2.19. The molecule has 0 aliphatic carbocycles. The first-order chi connectivity index (χ1) is 14.4. The van der Waals surface area contributed by atoms with Gasteiger partial charge in [-0.05, 0) is 30.0 Å². The van der Waals surface area contributed by atoms with Gasteiger partial charge in [-0.1, -0.05) is 56.3 Å². The number of rotatable bonds is 7. The van der Waals surface area contributed by atoms with Gasteiger partial charge in [0.1, 0.15) is 11.6 Å². The van der Waals surface area contributed by atoms with Crippen LogP contribution in [0.5, 0.6) is 0 Å². The van der Waals surface area contributed by atoms with Gasteiger partial charge in [-0.25, -0.2) is 4.79 Å². The molecule has 2 aromatic carbocycles. The summed E-state index contributed by atoms with van der Waals surface area (Å²) in [4.78, 5) is 38.1. The maximum atomic E-state index is 13.0. The van der Waals surface area contributed by atoms with E-state index >= 15 is 0 Å². The van der Waals surface area contributed by atoms with Crippen LogP contribution < -0.4 is 10.7 Å².